The van der Waals surface area contributed by atoms with E-state index in [9.17, 15) is 4.79 Å². The zero-order chi connectivity index (χ0) is 19.6. The maximum Gasteiger partial charge on any atom is 0.283 e. The SMILES string of the molecule is CCn1c(C=CN(C(C)=O)c2ccccc2)[n+](CC)c2cc(Cl)c(Cl)cc21.[I-]. The second kappa shape index (κ2) is 9.76. The van der Waals surface area contributed by atoms with Crippen molar-refractivity contribution >= 4 is 51.9 Å². The Kier molecular flexibility index (Phi) is 7.92. The fourth-order valence-corrected chi connectivity index (χ4v) is 3.61. The van der Waals surface area contributed by atoms with Gasteiger partial charge in [-0.05, 0) is 26.0 Å². The van der Waals surface area contributed by atoms with E-state index in [1.807, 2.05) is 54.7 Å². The van der Waals surface area contributed by atoms with Crippen LogP contribution in [0.15, 0.2) is 48.7 Å². The third-order valence-corrected chi connectivity index (χ3v) is 5.25. The summed E-state index contributed by atoms with van der Waals surface area (Å²) >= 11 is 12.5. The molecule has 0 saturated carbocycles. The van der Waals surface area contributed by atoms with Crippen molar-refractivity contribution in [1.29, 1.82) is 0 Å². The van der Waals surface area contributed by atoms with Crippen LogP contribution in [-0.4, -0.2) is 10.5 Å². The molecular weight excluding hydrogens is 508 g/mol. The number of para-hydroxylation sites is 1. The van der Waals surface area contributed by atoms with Gasteiger partial charge in [0.2, 0.25) is 5.91 Å². The smallest absolute Gasteiger partial charge is 0.283 e. The fourth-order valence-electron chi connectivity index (χ4n) is 3.30. The molecule has 1 heterocycles. The number of benzene rings is 2. The van der Waals surface area contributed by atoms with Gasteiger partial charge in [0, 0.05) is 37.0 Å². The highest BCUT2D eigenvalue weighted by Gasteiger charge is 2.23. The number of halogens is 3. The normalized spacial score (nSPS) is 11.0. The number of hydrogen-bond donors (Lipinski definition) is 0. The van der Waals surface area contributed by atoms with Crippen LogP contribution in [0, 0.1) is 0 Å². The van der Waals surface area contributed by atoms with Crippen LogP contribution in [0.5, 0.6) is 0 Å². The van der Waals surface area contributed by atoms with E-state index in [1.54, 1.807) is 11.8 Å². The topological polar surface area (TPSA) is 29.1 Å². The van der Waals surface area contributed by atoms with Crippen LogP contribution in [0.2, 0.25) is 10.0 Å². The molecular formula is C21H22Cl2IN3O. The predicted octanol–water partition coefficient (Wildman–Crippen LogP) is 2.30. The first-order valence-corrected chi connectivity index (χ1v) is 9.67. The number of carbonyl (C=O) groups excluding carboxylic acids is 1. The van der Waals surface area contributed by atoms with Crippen molar-refractivity contribution in [2.24, 2.45) is 0 Å². The fraction of sp³-hybridized carbons (Fsp3) is 0.238. The first-order valence-electron chi connectivity index (χ1n) is 8.92. The lowest BCUT2D eigenvalue weighted by molar-refractivity contribution is -0.670. The zero-order valence-electron chi connectivity index (χ0n) is 16.0. The number of aromatic nitrogens is 2. The van der Waals surface area contributed by atoms with E-state index in [-0.39, 0.29) is 29.9 Å². The van der Waals surface area contributed by atoms with Crippen molar-refractivity contribution < 1.29 is 33.3 Å². The molecule has 0 radical (unpaired) electrons. The van der Waals surface area contributed by atoms with E-state index >= 15 is 0 Å². The maximum absolute atomic E-state index is 12.2. The second-order valence-electron chi connectivity index (χ2n) is 6.14. The molecule has 0 aliphatic carbocycles. The van der Waals surface area contributed by atoms with Crippen LogP contribution >= 0.6 is 23.2 Å². The number of fused-ring (bicyclic) bond motifs is 1. The van der Waals surface area contributed by atoms with Gasteiger partial charge in [-0.3, -0.25) is 9.69 Å². The van der Waals surface area contributed by atoms with Crippen LogP contribution < -0.4 is 33.4 Å². The van der Waals surface area contributed by atoms with E-state index in [0.29, 0.717) is 10.0 Å². The Morgan fingerprint density at radius 3 is 2.36 bits per heavy atom. The van der Waals surface area contributed by atoms with E-state index in [2.05, 4.69) is 23.0 Å². The minimum atomic E-state index is -0.0502. The highest BCUT2D eigenvalue weighted by atomic mass is 127. The average Bonchev–Trinajstić information content (AvgIpc) is 2.94. The van der Waals surface area contributed by atoms with Gasteiger partial charge in [-0.2, -0.15) is 0 Å². The molecule has 0 bridgehead atoms. The monoisotopic (exact) mass is 529 g/mol. The summed E-state index contributed by atoms with van der Waals surface area (Å²) in [6.45, 7) is 7.26. The highest BCUT2D eigenvalue weighted by Crippen LogP contribution is 2.28. The van der Waals surface area contributed by atoms with Crippen molar-refractivity contribution in [2.45, 2.75) is 33.9 Å². The molecule has 0 N–H and O–H groups in total. The summed E-state index contributed by atoms with van der Waals surface area (Å²) in [5.74, 6) is 0.932. The Balaban J connectivity index is 0.00000280. The van der Waals surface area contributed by atoms with Gasteiger partial charge in [0.1, 0.15) is 0 Å². The maximum atomic E-state index is 12.2. The van der Waals surface area contributed by atoms with Crippen LogP contribution in [-0.2, 0) is 17.9 Å². The first-order chi connectivity index (χ1) is 13.0. The molecule has 28 heavy (non-hydrogen) atoms. The number of amides is 1. The third-order valence-electron chi connectivity index (χ3n) is 4.53. The Bertz CT molecular complexity index is 969. The van der Waals surface area contributed by atoms with Gasteiger partial charge in [-0.25, -0.2) is 9.13 Å². The lowest BCUT2D eigenvalue weighted by Crippen LogP contribution is -3.00. The molecule has 148 valence electrons. The lowest BCUT2D eigenvalue weighted by Gasteiger charge is -2.15. The summed E-state index contributed by atoms with van der Waals surface area (Å²) in [6.07, 6.45) is 3.77. The van der Waals surface area contributed by atoms with Gasteiger partial charge in [-0.1, -0.05) is 41.4 Å². The summed E-state index contributed by atoms with van der Waals surface area (Å²) in [5, 5.41) is 1.06. The average molecular weight is 530 g/mol. The van der Waals surface area contributed by atoms with Crippen LogP contribution in [0.4, 0.5) is 5.69 Å². The quantitative estimate of drug-likeness (QED) is 0.368. The third kappa shape index (κ3) is 4.36. The van der Waals surface area contributed by atoms with Gasteiger partial charge in [-0.15, -0.1) is 0 Å². The molecule has 0 spiro atoms. The summed E-state index contributed by atoms with van der Waals surface area (Å²) in [6, 6.07) is 13.4. The zero-order valence-corrected chi connectivity index (χ0v) is 19.7. The van der Waals surface area contributed by atoms with Crippen molar-refractivity contribution in [1.82, 2.24) is 4.57 Å². The van der Waals surface area contributed by atoms with Crippen molar-refractivity contribution in [2.75, 3.05) is 4.90 Å². The van der Waals surface area contributed by atoms with Crippen molar-refractivity contribution in [3.05, 3.63) is 64.5 Å². The first kappa shape index (κ1) is 22.7. The van der Waals surface area contributed by atoms with E-state index in [0.717, 1.165) is 35.6 Å². The minimum Gasteiger partial charge on any atom is -1.00 e. The van der Waals surface area contributed by atoms with Gasteiger partial charge >= 0.3 is 0 Å². The lowest BCUT2D eigenvalue weighted by atomic mass is 10.3. The number of hydrogen-bond acceptors (Lipinski definition) is 1. The number of aryl methyl sites for hydroxylation is 2. The minimum absolute atomic E-state index is 0. The molecule has 0 aliphatic rings. The Morgan fingerprint density at radius 2 is 1.79 bits per heavy atom. The highest BCUT2D eigenvalue weighted by molar-refractivity contribution is 6.42. The summed E-state index contributed by atoms with van der Waals surface area (Å²) in [7, 11) is 0. The summed E-state index contributed by atoms with van der Waals surface area (Å²) in [5.41, 5.74) is 2.86. The molecule has 0 atom stereocenters. The van der Waals surface area contributed by atoms with E-state index < -0.39 is 0 Å². The van der Waals surface area contributed by atoms with Crippen LogP contribution in [0.1, 0.15) is 26.6 Å². The van der Waals surface area contributed by atoms with Crippen LogP contribution in [0.3, 0.4) is 0 Å². The Hall–Kier alpha value is -1.57. The molecule has 1 amide bonds. The van der Waals surface area contributed by atoms with Gasteiger partial charge in [0.15, 0.2) is 11.0 Å². The van der Waals surface area contributed by atoms with E-state index in [4.69, 9.17) is 23.2 Å². The Morgan fingerprint density at radius 1 is 1.14 bits per heavy atom. The van der Waals surface area contributed by atoms with Gasteiger partial charge in [0.05, 0.1) is 23.1 Å². The number of imidazole rings is 1. The van der Waals surface area contributed by atoms with Gasteiger partial charge in [0.25, 0.3) is 5.82 Å². The van der Waals surface area contributed by atoms with Crippen LogP contribution in [0.25, 0.3) is 17.1 Å². The number of carbonyl (C=O) groups is 1. The van der Waals surface area contributed by atoms with Gasteiger partial charge < -0.3 is 24.0 Å². The molecule has 2 aromatic carbocycles. The molecule has 7 heteroatoms. The molecule has 0 saturated heterocycles. The molecule has 4 nitrogen and oxygen atoms in total. The number of nitrogens with zero attached hydrogens (tertiary/aromatic N) is 3. The molecule has 3 rings (SSSR count). The molecule has 0 aliphatic heterocycles. The summed E-state index contributed by atoms with van der Waals surface area (Å²) in [4.78, 5) is 13.8. The number of anilines is 1. The predicted molar refractivity (Wildman–Crippen MR) is 112 cm³/mol. The Labute approximate surface area is 192 Å². The van der Waals surface area contributed by atoms with Crippen molar-refractivity contribution in [3.63, 3.8) is 0 Å². The molecule has 0 fully saturated rings. The van der Waals surface area contributed by atoms with Crippen molar-refractivity contribution in [3.8, 4) is 0 Å². The molecule has 1 aromatic heterocycles. The standard InChI is InChI=1S/C21H22Cl2N3O.HI/c1-4-24-19-13-17(22)18(23)14-20(19)25(5-2)21(24)11-12-26(15(3)27)16-9-7-6-8-10-16;/h6-14H,4-5H2,1-3H3;1H/q+1;/p-1. The number of rotatable bonds is 5. The van der Waals surface area contributed by atoms with E-state index in [1.165, 1.54) is 0 Å². The molecule has 0 unspecified atom stereocenters. The second-order valence-corrected chi connectivity index (χ2v) is 6.96. The largest absolute Gasteiger partial charge is 1.00 e. The summed E-state index contributed by atoms with van der Waals surface area (Å²) < 4.78 is 4.34. The molecule has 3 aromatic rings.